The Balaban J connectivity index is 1.72. The number of pyridine rings is 1. The van der Waals surface area contributed by atoms with Crippen LogP contribution in [-0.4, -0.2) is 29.5 Å². The first-order valence-electron chi connectivity index (χ1n) is 8.49. The number of aryl methyl sites for hydroxylation is 1. The van der Waals surface area contributed by atoms with E-state index in [2.05, 4.69) is 20.1 Å². The van der Waals surface area contributed by atoms with Gasteiger partial charge in [-0.15, -0.1) is 16.4 Å². The molecule has 150 valence electrons. The van der Waals surface area contributed by atoms with Gasteiger partial charge in [-0.05, 0) is 30.7 Å². The SMILES string of the molecule is Cc1cc(C(F)(F)F)nc2sc3c(ncn4nc(-c5ccc([N+](=O)[O-])cc5)nc34)c12. The van der Waals surface area contributed by atoms with E-state index >= 15 is 0 Å². The number of rotatable bonds is 2. The molecule has 8 nitrogen and oxygen atoms in total. The van der Waals surface area contributed by atoms with Crippen LogP contribution in [0.4, 0.5) is 18.9 Å². The number of fused-ring (bicyclic) bond motifs is 5. The van der Waals surface area contributed by atoms with Crippen molar-refractivity contribution in [2.45, 2.75) is 13.1 Å². The lowest BCUT2D eigenvalue weighted by Crippen LogP contribution is -2.07. The molecule has 0 N–H and O–H groups in total. The Morgan fingerprint density at radius 1 is 1.17 bits per heavy atom. The van der Waals surface area contributed by atoms with E-state index in [1.807, 2.05) is 0 Å². The lowest BCUT2D eigenvalue weighted by molar-refractivity contribution is -0.384. The summed E-state index contributed by atoms with van der Waals surface area (Å²) >= 11 is 1.06. The smallest absolute Gasteiger partial charge is 0.258 e. The molecule has 5 aromatic rings. The molecule has 0 aliphatic rings. The monoisotopic (exact) mass is 430 g/mol. The fraction of sp³-hybridized carbons (Fsp3) is 0.111. The number of alkyl halides is 3. The van der Waals surface area contributed by atoms with Crippen molar-refractivity contribution in [3.63, 3.8) is 0 Å². The quantitative estimate of drug-likeness (QED) is 0.295. The highest BCUT2D eigenvalue weighted by Gasteiger charge is 2.33. The summed E-state index contributed by atoms with van der Waals surface area (Å²) in [6.45, 7) is 1.59. The Hall–Kier alpha value is -3.67. The van der Waals surface area contributed by atoms with Gasteiger partial charge in [0.1, 0.15) is 21.6 Å². The third kappa shape index (κ3) is 2.76. The molecular weight excluding hydrogens is 421 g/mol. The first-order valence-corrected chi connectivity index (χ1v) is 9.31. The van der Waals surface area contributed by atoms with E-state index in [0.29, 0.717) is 38.2 Å². The molecule has 0 saturated carbocycles. The van der Waals surface area contributed by atoms with Gasteiger partial charge in [0.2, 0.25) is 0 Å². The van der Waals surface area contributed by atoms with Gasteiger partial charge in [-0.1, -0.05) is 0 Å². The van der Waals surface area contributed by atoms with Crippen LogP contribution < -0.4 is 0 Å². The van der Waals surface area contributed by atoms with E-state index in [1.54, 1.807) is 6.92 Å². The van der Waals surface area contributed by atoms with Crippen LogP contribution in [0.2, 0.25) is 0 Å². The summed E-state index contributed by atoms with van der Waals surface area (Å²) in [5, 5.41) is 15.7. The largest absolute Gasteiger partial charge is 0.433 e. The number of thiophene rings is 1. The maximum Gasteiger partial charge on any atom is 0.433 e. The normalized spacial score (nSPS) is 12.3. The highest BCUT2D eigenvalue weighted by atomic mass is 32.1. The van der Waals surface area contributed by atoms with Crippen molar-refractivity contribution in [2.75, 3.05) is 0 Å². The van der Waals surface area contributed by atoms with Crippen molar-refractivity contribution in [1.29, 1.82) is 0 Å². The van der Waals surface area contributed by atoms with Gasteiger partial charge in [-0.25, -0.2) is 19.5 Å². The summed E-state index contributed by atoms with van der Waals surface area (Å²) in [6.07, 6.45) is -3.11. The molecule has 4 aromatic heterocycles. The van der Waals surface area contributed by atoms with Gasteiger partial charge < -0.3 is 0 Å². The van der Waals surface area contributed by atoms with Crippen LogP contribution in [-0.2, 0) is 6.18 Å². The van der Waals surface area contributed by atoms with Crippen LogP contribution in [0.1, 0.15) is 11.3 Å². The van der Waals surface area contributed by atoms with Crippen LogP contribution in [0.15, 0.2) is 36.7 Å². The number of nitro groups is 1. The van der Waals surface area contributed by atoms with Gasteiger partial charge in [0.25, 0.3) is 5.69 Å². The van der Waals surface area contributed by atoms with E-state index in [1.165, 1.54) is 35.1 Å². The molecule has 0 amide bonds. The fourth-order valence-corrected chi connectivity index (χ4v) is 4.39. The van der Waals surface area contributed by atoms with E-state index in [9.17, 15) is 23.3 Å². The predicted molar refractivity (Wildman–Crippen MR) is 103 cm³/mol. The lowest BCUT2D eigenvalue weighted by atomic mass is 10.1. The Kier molecular flexibility index (Phi) is 3.77. The standard InChI is InChI=1S/C18H9F3N6O2S/c1-8-6-11(18(19,20)21)23-17-12(8)13-14(30-17)16-24-15(25-26(16)7-22-13)9-2-4-10(5-3-9)27(28)29/h2-7H,1H3. The predicted octanol–water partition coefficient (Wildman–Crippen LogP) is 4.79. The molecule has 0 saturated heterocycles. The second kappa shape index (κ2) is 6.16. The number of hydrogen-bond acceptors (Lipinski definition) is 7. The van der Waals surface area contributed by atoms with E-state index < -0.39 is 16.8 Å². The molecule has 0 fully saturated rings. The molecule has 1 aromatic carbocycles. The Morgan fingerprint density at radius 2 is 1.90 bits per heavy atom. The van der Waals surface area contributed by atoms with Gasteiger partial charge in [0.05, 0.1) is 10.4 Å². The molecule has 0 radical (unpaired) electrons. The molecular formula is C18H9F3N6O2S. The van der Waals surface area contributed by atoms with Gasteiger partial charge >= 0.3 is 6.18 Å². The molecule has 0 unspecified atom stereocenters. The van der Waals surface area contributed by atoms with Crippen molar-refractivity contribution >= 4 is 43.1 Å². The summed E-state index contributed by atoms with van der Waals surface area (Å²) in [7, 11) is 0. The highest BCUT2D eigenvalue weighted by molar-refractivity contribution is 7.26. The maximum absolute atomic E-state index is 13.1. The Morgan fingerprint density at radius 3 is 2.57 bits per heavy atom. The molecule has 0 spiro atoms. The van der Waals surface area contributed by atoms with Crippen molar-refractivity contribution in [3.05, 3.63) is 58.0 Å². The van der Waals surface area contributed by atoms with Gasteiger partial charge in [0, 0.05) is 23.1 Å². The summed E-state index contributed by atoms with van der Waals surface area (Å²) in [6, 6.07) is 6.76. The third-order valence-corrected chi connectivity index (χ3v) is 5.66. The number of nitro benzene ring substituents is 1. The highest BCUT2D eigenvalue weighted by Crippen LogP contribution is 2.38. The number of aromatic nitrogens is 5. The minimum atomic E-state index is -4.55. The zero-order valence-electron chi connectivity index (χ0n) is 15.0. The topological polar surface area (TPSA) is 99.1 Å². The number of hydrogen-bond donors (Lipinski definition) is 0. The maximum atomic E-state index is 13.1. The van der Waals surface area contributed by atoms with Crippen LogP contribution >= 0.6 is 11.3 Å². The molecule has 0 aliphatic carbocycles. The summed E-state index contributed by atoms with van der Waals surface area (Å²) in [4.78, 5) is 23.2. The first kappa shape index (κ1) is 18.4. The average Bonchev–Trinajstić information content (AvgIpc) is 3.28. The molecule has 4 heterocycles. The van der Waals surface area contributed by atoms with Crippen LogP contribution in [0.25, 0.3) is 37.5 Å². The van der Waals surface area contributed by atoms with Crippen LogP contribution in [0, 0.1) is 17.0 Å². The number of halogens is 3. The first-order chi connectivity index (χ1) is 14.2. The third-order valence-electron chi connectivity index (χ3n) is 4.59. The van der Waals surface area contributed by atoms with Crippen molar-refractivity contribution in [3.8, 4) is 11.4 Å². The summed E-state index contributed by atoms with van der Waals surface area (Å²) in [5.41, 5.74) is 0.896. The van der Waals surface area contributed by atoms with E-state index in [0.717, 1.165) is 17.4 Å². The molecule has 5 rings (SSSR count). The van der Waals surface area contributed by atoms with Crippen LogP contribution in [0.3, 0.4) is 0 Å². The van der Waals surface area contributed by atoms with Gasteiger partial charge in [-0.3, -0.25) is 10.1 Å². The minimum Gasteiger partial charge on any atom is -0.258 e. The summed E-state index contributed by atoms with van der Waals surface area (Å²) < 4.78 is 41.4. The number of benzene rings is 1. The molecule has 0 bridgehead atoms. The molecule has 0 atom stereocenters. The second-order valence-electron chi connectivity index (χ2n) is 6.53. The van der Waals surface area contributed by atoms with Gasteiger partial charge in [0.15, 0.2) is 11.5 Å². The molecule has 30 heavy (non-hydrogen) atoms. The Labute approximate surface area is 168 Å². The minimum absolute atomic E-state index is 0.0573. The number of nitrogens with zero attached hydrogens (tertiary/aromatic N) is 6. The van der Waals surface area contributed by atoms with Gasteiger partial charge in [-0.2, -0.15) is 13.2 Å². The fourth-order valence-electron chi connectivity index (χ4n) is 3.21. The second-order valence-corrected chi connectivity index (χ2v) is 7.53. The van der Waals surface area contributed by atoms with Crippen molar-refractivity contribution in [1.82, 2.24) is 24.6 Å². The summed E-state index contributed by atoms with van der Waals surface area (Å²) in [5.74, 6) is 0.317. The zero-order chi connectivity index (χ0) is 21.2. The van der Waals surface area contributed by atoms with E-state index in [-0.39, 0.29) is 10.5 Å². The van der Waals surface area contributed by atoms with E-state index in [4.69, 9.17) is 0 Å². The lowest BCUT2D eigenvalue weighted by Gasteiger charge is -2.06. The molecule has 12 heteroatoms. The average molecular weight is 430 g/mol. The zero-order valence-corrected chi connectivity index (χ0v) is 15.8. The molecule has 0 aliphatic heterocycles. The van der Waals surface area contributed by atoms with Crippen molar-refractivity contribution in [2.24, 2.45) is 0 Å². The number of non-ortho nitro benzene ring substituents is 1. The Bertz CT molecular complexity index is 1470. The van der Waals surface area contributed by atoms with Crippen molar-refractivity contribution < 1.29 is 18.1 Å². The van der Waals surface area contributed by atoms with Crippen LogP contribution in [0.5, 0.6) is 0 Å².